The van der Waals surface area contributed by atoms with Crippen LogP contribution in [0, 0.1) is 0 Å². The molecular weight excluding hydrogens is 504 g/mol. The summed E-state index contributed by atoms with van der Waals surface area (Å²) in [5.41, 5.74) is 5.17. The summed E-state index contributed by atoms with van der Waals surface area (Å²) in [7, 11) is 0. The smallest absolute Gasteiger partial charge is 0.00199 e. The molecule has 0 bridgehead atoms. The predicted octanol–water partition coefficient (Wildman–Crippen LogP) is 11.9. The Kier molecular flexibility index (Phi) is 5.00. The topological polar surface area (TPSA) is 0 Å². The third kappa shape index (κ3) is 3.30. The van der Waals surface area contributed by atoms with Crippen molar-refractivity contribution in [3.05, 3.63) is 158 Å². The van der Waals surface area contributed by atoms with Gasteiger partial charge in [0.25, 0.3) is 0 Å². The summed E-state index contributed by atoms with van der Waals surface area (Å²) in [6, 6.07) is 58.1. The van der Waals surface area contributed by atoms with Gasteiger partial charge in [0.2, 0.25) is 0 Å². The van der Waals surface area contributed by atoms with E-state index in [0.29, 0.717) is 0 Å². The Labute approximate surface area is 244 Å². The molecule has 0 atom stereocenters. The van der Waals surface area contributed by atoms with Crippen LogP contribution in [0.1, 0.15) is 0 Å². The molecule has 9 aromatic rings. The highest BCUT2D eigenvalue weighted by Gasteiger charge is 2.20. The lowest BCUT2D eigenvalue weighted by atomic mass is 9.82. The SMILES string of the molecule is c1ccc2c(-c3c4ccccc4c(-c4cc5ccc6ccccc6c5c5ccccc45)c4ccccc34)cccc2c1. The second-order valence-electron chi connectivity index (χ2n) is 11.2. The van der Waals surface area contributed by atoms with Crippen molar-refractivity contribution in [1.82, 2.24) is 0 Å². The Hall–Kier alpha value is -5.46. The number of hydrogen-bond donors (Lipinski definition) is 0. The predicted molar refractivity (Wildman–Crippen MR) is 182 cm³/mol. The second kappa shape index (κ2) is 9.03. The molecule has 0 spiro atoms. The number of rotatable bonds is 2. The fourth-order valence-electron chi connectivity index (χ4n) is 7.24. The Morgan fingerprint density at radius 3 is 1.31 bits per heavy atom. The molecule has 0 nitrogen and oxygen atoms in total. The van der Waals surface area contributed by atoms with Gasteiger partial charge in [0, 0.05) is 0 Å². The fourth-order valence-corrected chi connectivity index (χ4v) is 7.24. The Morgan fingerprint density at radius 2 is 0.667 bits per heavy atom. The fraction of sp³-hybridized carbons (Fsp3) is 0. The first kappa shape index (κ1) is 23.3. The van der Waals surface area contributed by atoms with E-state index >= 15 is 0 Å². The van der Waals surface area contributed by atoms with Crippen LogP contribution < -0.4 is 0 Å². The molecule has 0 aliphatic heterocycles. The summed E-state index contributed by atoms with van der Waals surface area (Å²) in [6.07, 6.45) is 0. The highest BCUT2D eigenvalue weighted by Crippen LogP contribution is 2.48. The van der Waals surface area contributed by atoms with Gasteiger partial charge >= 0.3 is 0 Å². The van der Waals surface area contributed by atoms with Gasteiger partial charge in [-0.05, 0) is 93.0 Å². The lowest BCUT2D eigenvalue weighted by Gasteiger charge is -2.20. The van der Waals surface area contributed by atoms with Crippen molar-refractivity contribution in [2.24, 2.45) is 0 Å². The molecule has 194 valence electrons. The zero-order chi connectivity index (χ0) is 27.6. The van der Waals surface area contributed by atoms with Crippen molar-refractivity contribution < 1.29 is 0 Å². The van der Waals surface area contributed by atoms with E-state index in [1.807, 2.05) is 0 Å². The first-order chi connectivity index (χ1) is 20.9. The Bertz CT molecular complexity index is 2450. The summed E-state index contributed by atoms with van der Waals surface area (Å²) in [5.74, 6) is 0. The standard InChI is InChI=1S/C42H26/c1-3-15-30-27(12-1)14-11-23-33(30)41-35-19-7-9-21-37(35)42(38-22-10-8-20-36(38)41)39-26-29-25-24-28-13-2-4-16-31(28)40(29)34-18-6-5-17-32(34)39/h1-26H. The monoisotopic (exact) mass is 530 g/mol. The van der Waals surface area contributed by atoms with E-state index in [-0.39, 0.29) is 0 Å². The molecule has 0 radical (unpaired) electrons. The average Bonchev–Trinajstić information content (AvgIpc) is 3.06. The summed E-state index contributed by atoms with van der Waals surface area (Å²) in [6.45, 7) is 0. The van der Waals surface area contributed by atoms with Crippen LogP contribution in [0.5, 0.6) is 0 Å². The average molecular weight is 531 g/mol. The van der Waals surface area contributed by atoms with Gasteiger partial charge < -0.3 is 0 Å². The molecular formula is C42H26. The molecule has 0 amide bonds. The third-order valence-electron chi connectivity index (χ3n) is 9.01. The van der Waals surface area contributed by atoms with Crippen LogP contribution in [0.4, 0.5) is 0 Å². The van der Waals surface area contributed by atoms with Gasteiger partial charge in [-0.1, -0.05) is 152 Å². The second-order valence-corrected chi connectivity index (χ2v) is 11.2. The molecule has 0 N–H and O–H groups in total. The zero-order valence-corrected chi connectivity index (χ0v) is 23.0. The first-order valence-electron chi connectivity index (χ1n) is 14.6. The molecule has 0 aliphatic rings. The maximum absolute atomic E-state index is 2.43. The zero-order valence-electron chi connectivity index (χ0n) is 23.0. The Balaban J connectivity index is 1.48. The lowest BCUT2D eigenvalue weighted by Crippen LogP contribution is -1.93. The van der Waals surface area contributed by atoms with E-state index < -0.39 is 0 Å². The van der Waals surface area contributed by atoms with E-state index in [1.165, 1.54) is 86.9 Å². The normalized spacial score (nSPS) is 11.8. The van der Waals surface area contributed by atoms with Gasteiger partial charge in [0.1, 0.15) is 0 Å². The van der Waals surface area contributed by atoms with Crippen LogP contribution in [0.2, 0.25) is 0 Å². The van der Waals surface area contributed by atoms with Crippen LogP contribution in [-0.2, 0) is 0 Å². The molecule has 0 fully saturated rings. The first-order valence-corrected chi connectivity index (χ1v) is 14.6. The minimum atomic E-state index is 1.26. The molecule has 0 aromatic heterocycles. The quantitative estimate of drug-likeness (QED) is 0.154. The number of hydrogen-bond acceptors (Lipinski definition) is 0. The van der Waals surface area contributed by atoms with E-state index in [1.54, 1.807) is 0 Å². The summed E-state index contributed by atoms with van der Waals surface area (Å²) in [4.78, 5) is 0. The molecule has 0 unspecified atom stereocenters. The molecule has 9 aromatic carbocycles. The summed E-state index contributed by atoms with van der Waals surface area (Å²) < 4.78 is 0. The van der Waals surface area contributed by atoms with Gasteiger partial charge in [-0.15, -0.1) is 0 Å². The van der Waals surface area contributed by atoms with Crippen molar-refractivity contribution >= 4 is 64.6 Å². The Morgan fingerprint density at radius 1 is 0.238 bits per heavy atom. The van der Waals surface area contributed by atoms with Crippen molar-refractivity contribution in [3.8, 4) is 22.3 Å². The molecule has 0 saturated carbocycles. The molecule has 0 heteroatoms. The van der Waals surface area contributed by atoms with Gasteiger partial charge in [-0.3, -0.25) is 0 Å². The van der Waals surface area contributed by atoms with Crippen LogP contribution in [0.3, 0.4) is 0 Å². The maximum atomic E-state index is 2.43. The molecule has 0 aliphatic carbocycles. The van der Waals surface area contributed by atoms with Gasteiger partial charge in [-0.25, -0.2) is 0 Å². The van der Waals surface area contributed by atoms with E-state index in [4.69, 9.17) is 0 Å². The van der Waals surface area contributed by atoms with Crippen LogP contribution in [0.25, 0.3) is 86.9 Å². The van der Waals surface area contributed by atoms with Crippen molar-refractivity contribution in [1.29, 1.82) is 0 Å². The van der Waals surface area contributed by atoms with Gasteiger partial charge in [0.15, 0.2) is 0 Å². The molecule has 9 rings (SSSR count). The highest BCUT2D eigenvalue weighted by atomic mass is 14.2. The van der Waals surface area contributed by atoms with Crippen molar-refractivity contribution in [2.45, 2.75) is 0 Å². The van der Waals surface area contributed by atoms with Gasteiger partial charge in [0.05, 0.1) is 0 Å². The minimum absolute atomic E-state index is 1.26. The summed E-state index contributed by atoms with van der Waals surface area (Å²) >= 11 is 0. The molecule has 0 saturated heterocycles. The largest absolute Gasteiger partial charge is 0.0616 e. The molecule has 42 heavy (non-hydrogen) atoms. The lowest BCUT2D eigenvalue weighted by molar-refractivity contribution is 1.69. The van der Waals surface area contributed by atoms with Crippen molar-refractivity contribution in [2.75, 3.05) is 0 Å². The number of fused-ring (bicyclic) bond motifs is 8. The van der Waals surface area contributed by atoms with Gasteiger partial charge in [-0.2, -0.15) is 0 Å². The van der Waals surface area contributed by atoms with Crippen LogP contribution in [0.15, 0.2) is 158 Å². The van der Waals surface area contributed by atoms with Crippen molar-refractivity contribution in [3.63, 3.8) is 0 Å². The van der Waals surface area contributed by atoms with Crippen LogP contribution >= 0.6 is 0 Å². The third-order valence-corrected chi connectivity index (χ3v) is 9.01. The van der Waals surface area contributed by atoms with E-state index in [0.717, 1.165) is 0 Å². The maximum Gasteiger partial charge on any atom is -0.00199 e. The van der Waals surface area contributed by atoms with E-state index in [9.17, 15) is 0 Å². The van der Waals surface area contributed by atoms with Crippen LogP contribution in [-0.4, -0.2) is 0 Å². The molecule has 0 heterocycles. The summed E-state index contributed by atoms with van der Waals surface area (Å²) in [5, 5.41) is 15.4. The highest BCUT2D eigenvalue weighted by molar-refractivity contribution is 6.29. The van der Waals surface area contributed by atoms with E-state index in [2.05, 4.69) is 158 Å². The minimum Gasteiger partial charge on any atom is -0.0616 e. The number of benzene rings is 9.